The highest BCUT2D eigenvalue weighted by molar-refractivity contribution is 5.80. The fraction of sp³-hybridized carbons (Fsp3) is 0.421. The van der Waals surface area contributed by atoms with Crippen molar-refractivity contribution in [1.29, 1.82) is 5.26 Å². The maximum absolute atomic E-state index is 12.0. The maximum Gasteiger partial charge on any atom is 0.253 e. The van der Waals surface area contributed by atoms with Gasteiger partial charge in [-0.3, -0.25) is 9.59 Å². The van der Waals surface area contributed by atoms with E-state index in [-0.39, 0.29) is 11.5 Å². The summed E-state index contributed by atoms with van der Waals surface area (Å²) in [6.45, 7) is 10.2. The Hall–Kier alpha value is -2.61. The van der Waals surface area contributed by atoms with Crippen LogP contribution in [0.15, 0.2) is 27.8 Å². The summed E-state index contributed by atoms with van der Waals surface area (Å²) in [6, 6.07) is 7.39. The monoisotopic (exact) mass is 325 g/mol. The van der Waals surface area contributed by atoms with Crippen LogP contribution in [0.1, 0.15) is 45.7 Å². The number of anilines is 3. The van der Waals surface area contributed by atoms with Crippen LogP contribution in [0.4, 0.5) is 17.1 Å². The van der Waals surface area contributed by atoms with Crippen molar-refractivity contribution in [2.75, 3.05) is 10.6 Å². The van der Waals surface area contributed by atoms with Crippen molar-refractivity contribution in [1.82, 2.24) is 0 Å². The van der Waals surface area contributed by atoms with Gasteiger partial charge in [0.25, 0.3) is 10.9 Å². The van der Waals surface area contributed by atoms with Crippen molar-refractivity contribution in [3.8, 4) is 6.07 Å². The van der Waals surface area contributed by atoms with Gasteiger partial charge in [-0.05, 0) is 42.5 Å². The predicted octanol–water partition coefficient (Wildman–Crippen LogP) is 3.31. The molecule has 0 aromatic heterocycles. The SMILES string of the molecule is CCc1cc(C#N)ccc1Nc1c(N[C@H](C)C(C)(C)C)c(=O)c1=O. The minimum absolute atomic E-state index is 0.0351. The molecule has 2 aromatic carbocycles. The zero-order chi connectivity index (χ0) is 18.1. The van der Waals surface area contributed by atoms with Crippen molar-refractivity contribution >= 4 is 17.1 Å². The first-order valence-electron chi connectivity index (χ1n) is 8.09. The summed E-state index contributed by atoms with van der Waals surface area (Å²) in [6.07, 6.45) is 0.717. The molecule has 0 spiro atoms. The van der Waals surface area contributed by atoms with E-state index in [9.17, 15) is 9.59 Å². The van der Waals surface area contributed by atoms with Gasteiger partial charge >= 0.3 is 0 Å². The lowest BCUT2D eigenvalue weighted by Crippen LogP contribution is -2.41. The van der Waals surface area contributed by atoms with Crippen LogP contribution in [0.5, 0.6) is 0 Å². The molecule has 0 unspecified atom stereocenters. The van der Waals surface area contributed by atoms with Gasteiger partial charge in [-0.15, -0.1) is 0 Å². The molecule has 2 aromatic rings. The summed E-state index contributed by atoms with van der Waals surface area (Å²) < 4.78 is 0. The van der Waals surface area contributed by atoms with Gasteiger partial charge in [-0.1, -0.05) is 27.7 Å². The van der Waals surface area contributed by atoms with Crippen LogP contribution in [-0.2, 0) is 6.42 Å². The molecule has 0 radical (unpaired) electrons. The average molecular weight is 325 g/mol. The fourth-order valence-electron chi connectivity index (χ4n) is 2.29. The van der Waals surface area contributed by atoms with E-state index in [1.54, 1.807) is 18.2 Å². The number of aryl methyl sites for hydroxylation is 1. The third kappa shape index (κ3) is 3.33. The summed E-state index contributed by atoms with van der Waals surface area (Å²) in [7, 11) is 0. The fourth-order valence-corrected chi connectivity index (χ4v) is 2.29. The Labute approximate surface area is 142 Å². The van der Waals surface area contributed by atoms with Crippen LogP contribution in [0.25, 0.3) is 0 Å². The Morgan fingerprint density at radius 3 is 2.33 bits per heavy atom. The van der Waals surface area contributed by atoms with Gasteiger partial charge in [-0.25, -0.2) is 0 Å². The topological polar surface area (TPSA) is 82.0 Å². The van der Waals surface area contributed by atoms with Gasteiger partial charge in [0.05, 0.1) is 11.6 Å². The van der Waals surface area contributed by atoms with Crippen molar-refractivity contribution in [2.24, 2.45) is 5.41 Å². The quantitative estimate of drug-likeness (QED) is 0.824. The lowest BCUT2D eigenvalue weighted by molar-refractivity contribution is 0.359. The molecule has 0 heterocycles. The zero-order valence-electron chi connectivity index (χ0n) is 14.8. The molecule has 24 heavy (non-hydrogen) atoms. The van der Waals surface area contributed by atoms with Crippen molar-refractivity contribution < 1.29 is 0 Å². The summed E-state index contributed by atoms with van der Waals surface area (Å²) in [5.41, 5.74) is 1.85. The molecule has 0 bridgehead atoms. The van der Waals surface area contributed by atoms with Crippen molar-refractivity contribution in [2.45, 2.75) is 47.1 Å². The lowest BCUT2D eigenvalue weighted by atomic mass is 9.87. The molecule has 0 fully saturated rings. The van der Waals surface area contributed by atoms with Gasteiger partial charge in [0, 0.05) is 11.7 Å². The van der Waals surface area contributed by atoms with Crippen LogP contribution in [0.3, 0.4) is 0 Å². The largest absolute Gasteiger partial charge is 0.377 e. The number of benzene rings is 1. The first-order valence-corrected chi connectivity index (χ1v) is 8.09. The minimum Gasteiger partial charge on any atom is -0.377 e. The summed E-state index contributed by atoms with van der Waals surface area (Å²) in [4.78, 5) is 23.9. The molecule has 2 N–H and O–H groups in total. The molecule has 2 rings (SSSR count). The standard InChI is InChI=1S/C19H23N3O2/c1-6-13-9-12(10-20)7-8-14(13)22-16-15(17(23)18(16)24)21-11(2)19(3,4)5/h7-9,11,21-22H,6H2,1-5H3/t11-/m1/s1. The molecule has 0 amide bonds. The molecule has 5 nitrogen and oxygen atoms in total. The number of nitrogens with one attached hydrogen (secondary N) is 2. The Morgan fingerprint density at radius 2 is 1.79 bits per heavy atom. The third-order valence-corrected chi connectivity index (χ3v) is 4.45. The van der Waals surface area contributed by atoms with E-state index >= 15 is 0 Å². The number of nitrogens with zero attached hydrogens (tertiary/aromatic N) is 1. The molecule has 0 saturated carbocycles. The smallest absolute Gasteiger partial charge is 0.253 e. The highest BCUT2D eigenvalue weighted by Gasteiger charge is 2.27. The van der Waals surface area contributed by atoms with Crippen LogP contribution in [0, 0.1) is 16.7 Å². The van der Waals surface area contributed by atoms with Crippen LogP contribution in [0.2, 0.25) is 0 Å². The van der Waals surface area contributed by atoms with E-state index in [1.807, 2.05) is 13.8 Å². The van der Waals surface area contributed by atoms with Gasteiger partial charge in [0.2, 0.25) is 0 Å². The normalized spacial score (nSPS) is 12.7. The molecule has 0 aliphatic rings. The Balaban J connectivity index is 2.33. The van der Waals surface area contributed by atoms with Crippen LogP contribution < -0.4 is 21.5 Å². The molecular formula is C19H23N3O2. The van der Waals surface area contributed by atoms with E-state index in [4.69, 9.17) is 5.26 Å². The van der Waals surface area contributed by atoms with Crippen LogP contribution in [-0.4, -0.2) is 6.04 Å². The molecule has 0 aliphatic carbocycles. The van der Waals surface area contributed by atoms with Gasteiger partial charge in [0.1, 0.15) is 11.4 Å². The highest BCUT2D eigenvalue weighted by Crippen LogP contribution is 2.28. The summed E-state index contributed by atoms with van der Waals surface area (Å²) in [5.74, 6) is 0. The second-order valence-electron chi connectivity index (χ2n) is 7.10. The number of nitriles is 1. The van der Waals surface area contributed by atoms with E-state index < -0.39 is 10.9 Å². The van der Waals surface area contributed by atoms with E-state index in [0.29, 0.717) is 23.4 Å². The minimum atomic E-state index is -0.509. The summed E-state index contributed by atoms with van der Waals surface area (Å²) >= 11 is 0. The van der Waals surface area contributed by atoms with E-state index in [0.717, 1.165) is 11.3 Å². The number of rotatable bonds is 5. The van der Waals surface area contributed by atoms with Gasteiger partial charge in [-0.2, -0.15) is 5.26 Å². The maximum atomic E-state index is 12.0. The van der Waals surface area contributed by atoms with E-state index in [1.165, 1.54) is 0 Å². The Morgan fingerprint density at radius 1 is 1.17 bits per heavy atom. The van der Waals surface area contributed by atoms with Crippen molar-refractivity contribution in [3.63, 3.8) is 0 Å². The molecular weight excluding hydrogens is 302 g/mol. The second-order valence-corrected chi connectivity index (χ2v) is 7.10. The highest BCUT2D eigenvalue weighted by atomic mass is 16.2. The van der Waals surface area contributed by atoms with Crippen LogP contribution >= 0.6 is 0 Å². The van der Waals surface area contributed by atoms with Gasteiger partial charge < -0.3 is 10.6 Å². The first kappa shape index (κ1) is 17.7. The van der Waals surface area contributed by atoms with E-state index in [2.05, 4.69) is 37.5 Å². The first-order chi connectivity index (χ1) is 11.2. The predicted molar refractivity (Wildman–Crippen MR) is 97.7 cm³/mol. The number of hydrogen-bond donors (Lipinski definition) is 2. The zero-order valence-corrected chi connectivity index (χ0v) is 14.8. The molecule has 5 heteroatoms. The lowest BCUT2D eigenvalue weighted by Gasteiger charge is -2.30. The Bertz CT molecular complexity index is 862. The summed E-state index contributed by atoms with van der Waals surface area (Å²) in [5, 5.41) is 15.2. The second kappa shape index (κ2) is 6.48. The van der Waals surface area contributed by atoms with Crippen molar-refractivity contribution in [3.05, 3.63) is 49.8 Å². The molecule has 1 atom stereocenters. The molecule has 126 valence electrons. The van der Waals surface area contributed by atoms with Gasteiger partial charge in [0.15, 0.2) is 0 Å². The Kier molecular flexibility index (Phi) is 4.79. The number of hydrogen-bond acceptors (Lipinski definition) is 5. The third-order valence-electron chi connectivity index (χ3n) is 4.45. The molecule has 0 saturated heterocycles. The molecule has 0 aliphatic heterocycles. The average Bonchev–Trinajstić information content (AvgIpc) is 2.56.